The minimum absolute atomic E-state index is 0.160. The minimum Gasteiger partial charge on any atom is -0.394 e. The maximum atomic E-state index is 10.5. The van der Waals surface area contributed by atoms with Crippen molar-refractivity contribution in [2.24, 2.45) is 0 Å². The summed E-state index contributed by atoms with van der Waals surface area (Å²) in [5, 5.41) is 39.2. The van der Waals surface area contributed by atoms with Crippen LogP contribution < -0.4 is 0 Å². The smallest absolute Gasteiger partial charge is 0.110 e. The van der Waals surface area contributed by atoms with E-state index in [-0.39, 0.29) is 4.58 Å². The van der Waals surface area contributed by atoms with Crippen LogP contribution in [0.5, 0.6) is 0 Å². The van der Waals surface area contributed by atoms with Crippen LogP contribution >= 0.6 is 23.5 Å². The molecular weight excluding hydrogens is 380 g/mol. The molecular formula is C21H44O4S2. The van der Waals surface area contributed by atoms with Gasteiger partial charge in [-0.3, -0.25) is 0 Å². The van der Waals surface area contributed by atoms with Crippen LogP contribution in [0, 0.1) is 0 Å². The highest BCUT2D eigenvalue weighted by Gasteiger charge is 2.31. The molecule has 0 aromatic rings. The summed E-state index contributed by atoms with van der Waals surface area (Å²) in [6.45, 7) is 3.90. The number of hydrogen-bond donors (Lipinski definition) is 4. The van der Waals surface area contributed by atoms with Gasteiger partial charge in [0.2, 0.25) is 0 Å². The predicted molar refractivity (Wildman–Crippen MR) is 121 cm³/mol. The molecule has 0 aromatic carbocycles. The Hall–Kier alpha value is 0.540. The van der Waals surface area contributed by atoms with E-state index >= 15 is 0 Å². The second-order valence-corrected chi connectivity index (χ2v) is 10.2. The first-order chi connectivity index (χ1) is 13.1. The molecule has 27 heavy (non-hydrogen) atoms. The molecule has 0 aliphatic rings. The summed E-state index contributed by atoms with van der Waals surface area (Å²) in [5.41, 5.74) is 0. The van der Waals surface area contributed by atoms with E-state index in [0.717, 1.165) is 24.3 Å². The molecule has 0 radical (unpaired) electrons. The lowest BCUT2D eigenvalue weighted by Crippen LogP contribution is -2.44. The van der Waals surface area contributed by atoms with Crippen molar-refractivity contribution in [3.63, 3.8) is 0 Å². The average Bonchev–Trinajstić information content (AvgIpc) is 2.69. The lowest BCUT2D eigenvalue weighted by atomic mass is 10.1. The fourth-order valence-corrected chi connectivity index (χ4v) is 5.79. The molecule has 0 aromatic heterocycles. The summed E-state index contributed by atoms with van der Waals surface area (Å²) in [6.07, 6.45) is 11.3. The minimum atomic E-state index is -1.30. The van der Waals surface area contributed by atoms with Gasteiger partial charge in [0.25, 0.3) is 0 Å². The molecule has 0 aliphatic heterocycles. The van der Waals surface area contributed by atoms with Gasteiger partial charge < -0.3 is 20.4 Å². The van der Waals surface area contributed by atoms with Crippen molar-refractivity contribution in [3.05, 3.63) is 0 Å². The molecule has 0 unspecified atom stereocenters. The van der Waals surface area contributed by atoms with E-state index in [1.54, 1.807) is 23.5 Å². The second kappa shape index (κ2) is 19.8. The van der Waals surface area contributed by atoms with Gasteiger partial charge in [-0.15, -0.1) is 23.5 Å². The average molecular weight is 425 g/mol. The third-order valence-electron chi connectivity index (χ3n) is 4.77. The molecule has 0 bridgehead atoms. The summed E-state index contributed by atoms with van der Waals surface area (Å²) in [4.78, 5) is 0. The molecule has 6 heteroatoms. The Morgan fingerprint density at radius 1 is 0.593 bits per heavy atom. The first-order valence-corrected chi connectivity index (χ1v) is 13.1. The van der Waals surface area contributed by atoms with Crippen molar-refractivity contribution in [3.8, 4) is 0 Å². The van der Waals surface area contributed by atoms with Crippen LogP contribution in [0.15, 0.2) is 0 Å². The van der Waals surface area contributed by atoms with Gasteiger partial charge in [-0.2, -0.15) is 0 Å². The highest BCUT2D eigenvalue weighted by atomic mass is 32.2. The van der Waals surface area contributed by atoms with Crippen molar-refractivity contribution in [2.45, 2.75) is 114 Å². The highest BCUT2D eigenvalue weighted by Crippen LogP contribution is 2.31. The topological polar surface area (TPSA) is 80.9 Å². The number of rotatable bonds is 20. The molecule has 0 amide bonds. The van der Waals surface area contributed by atoms with Gasteiger partial charge in [0.15, 0.2) is 0 Å². The molecule has 0 aliphatic carbocycles. The summed E-state index contributed by atoms with van der Waals surface area (Å²) < 4.78 is -0.160. The van der Waals surface area contributed by atoms with E-state index in [9.17, 15) is 15.3 Å². The summed E-state index contributed by atoms with van der Waals surface area (Å²) in [5.74, 6) is 1.92. The number of unbranched alkanes of at least 4 members (excludes halogenated alkanes) is 10. The summed E-state index contributed by atoms with van der Waals surface area (Å²) >= 11 is 3.36. The Balaban J connectivity index is 4.20. The number of thioether (sulfide) groups is 2. The van der Waals surface area contributed by atoms with Crippen LogP contribution in [0.1, 0.15) is 90.9 Å². The van der Waals surface area contributed by atoms with Crippen LogP contribution in [-0.2, 0) is 0 Å². The van der Waals surface area contributed by atoms with Crippen LogP contribution in [0.25, 0.3) is 0 Å². The fraction of sp³-hybridized carbons (Fsp3) is 1.00. The Morgan fingerprint density at radius 2 is 1.00 bits per heavy atom. The van der Waals surface area contributed by atoms with Gasteiger partial charge in [0.1, 0.15) is 18.3 Å². The van der Waals surface area contributed by atoms with Crippen molar-refractivity contribution in [2.75, 3.05) is 18.1 Å². The van der Waals surface area contributed by atoms with Crippen molar-refractivity contribution in [1.82, 2.24) is 0 Å². The predicted octanol–water partition coefficient (Wildman–Crippen LogP) is 4.57. The van der Waals surface area contributed by atoms with Gasteiger partial charge in [0.05, 0.1) is 11.2 Å². The Labute approximate surface area is 175 Å². The zero-order chi connectivity index (χ0) is 20.3. The van der Waals surface area contributed by atoms with Gasteiger partial charge >= 0.3 is 0 Å². The molecule has 3 atom stereocenters. The normalized spacial score (nSPS) is 15.2. The summed E-state index contributed by atoms with van der Waals surface area (Å²) in [7, 11) is 0. The van der Waals surface area contributed by atoms with Crippen LogP contribution in [0.3, 0.4) is 0 Å². The van der Waals surface area contributed by atoms with E-state index in [1.807, 2.05) is 0 Å². The molecule has 0 saturated carbocycles. The lowest BCUT2D eigenvalue weighted by Gasteiger charge is -2.28. The maximum Gasteiger partial charge on any atom is 0.110 e. The van der Waals surface area contributed by atoms with Gasteiger partial charge in [0, 0.05) is 0 Å². The maximum absolute atomic E-state index is 10.5. The number of hydrogen-bond acceptors (Lipinski definition) is 6. The molecule has 0 heterocycles. The van der Waals surface area contributed by atoms with Gasteiger partial charge in [-0.1, -0.05) is 78.1 Å². The van der Waals surface area contributed by atoms with Crippen LogP contribution in [-0.4, -0.2) is 61.4 Å². The zero-order valence-corrected chi connectivity index (χ0v) is 19.2. The first kappa shape index (κ1) is 27.5. The molecule has 4 N–H and O–H groups in total. The molecule has 0 fully saturated rings. The van der Waals surface area contributed by atoms with E-state index in [0.29, 0.717) is 0 Å². The molecule has 0 saturated heterocycles. The Bertz CT molecular complexity index is 290. The monoisotopic (exact) mass is 424 g/mol. The first-order valence-electron chi connectivity index (χ1n) is 11.0. The standard InChI is InChI=1S/C21H44O4S2/c1-3-5-7-9-11-13-15-26-21(20(25)19(24)18(23)17-22)27-16-14-12-10-8-6-4-2/h18-25H,3-17H2,1-2H3/t18-,19-,20+/m1/s1. The van der Waals surface area contributed by atoms with Crippen LogP contribution in [0.4, 0.5) is 0 Å². The van der Waals surface area contributed by atoms with E-state index < -0.39 is 24.9 Å². The van der Waals surface area contributed by atoms with E-state index in [4.69, 9.17) is 5.11 Å². The third-order valence-corrected chi connectivity index (χ3v) is 7.85. The highest BCUT2D eigenvalue weighted by molar-refractivity contribution is 8.17. The second-order valence-electron chi connectivity index (χ2n) is 7.38. The van der Waals surface area contributed by atoms with Gasteiger partial charge in [-0.05, 0) is 24.3 Å². The largest absolute Gasteiger partial charge is 0.394 e. The quantitative estimate of drug-likeness (QED) is 0.169. The third kappa shape index (κ3) is 15.1. The molecule has 164 valence electrons. The van der Waals surface area contributed by atoms with Crippen molar-refractivity contribution in [1.29, 1.82) is 0 Å². The molecule has 4 nitrogen and oxygen atoms in total. The van der Waals surface area contributed by atoms with Crippen LogP contribution in [0.2, 0.25) is 0 Å². The Kier molecular flexibility index (Phi) is 20.2. The number of aliphatic hydroxyl groups excluding tert-OH is 4. The Morgan fingerprint density at radius 3 is 1.41 bits per heavy atom. The van der Waals surface area contributed by atoms with Crippen molar-refractivity contribution >= 4 is 23.5 Å². The summed E-state index contributed by atoms with van der Waals surface area (Å²) in [6, 6.07) is 0. The lowest BCUT2D eigenvalue weighted by molar-refractivity contribution is -0.0706. The fourth-order valence-electron chi connectivity index (χ4n) is 2.91. The van der Waals surface area contributed by atoms with E-state index in [2.05, 4.69) is 13.8 Å². The molecule has 0 rings (SSSR count). The zero-order valence-electron chi connectivity index (χ0n) is 17.5. The SMILES string of the molecule is CCCCCCCCSC(SCCCCCCCC)[C@@H](O)[C@H](O)[C@H](O)CO. The number of aliphatic hydroxyl groups is 4. The van der Waals surface area contributed by atoms with E-state index in [1.165, 1.54) is 64.2 Å². The van der Waals surface area contributed by atoms with Crippen molar-refractivity contribution < 1.29 is 20.4 Å². The molecule has 0 spiro atoms. The van der Waals surface area contributed by atoms with Gasteiger partial charge in [-0.25, -0.2) is 0 Å².